The molecule has 1 aliphatic heterocycles. The molecule has 0 unspecified atom stereocenters. The molecule has 0 radical (unpaired) electrons. The molecule has 2 heterocycles. The molecule has 0 aliphatic carbocycles. The summed E-state index contributed by atoms with van der Waals surface area (Å²) in [5.74, 6) is -0.0861. The number of hydrogen-bond donors (Lipinski definition) is 2. The summed E-state index contributed by atoms with van der Waals surface area (Å²) in [6.07, 6.45) is 4.35. The summed E-state index contributed by atoms with van der Waals surface area (Å²) >= 11 is 0. The average molecular weight is 409 g/mol. The second-order valence-electron chi connectivity index (χ2n) is 8.01. The Morgan fingerprint density at radius 3 is 2.38 bits per heavy atom. The summed E-state index contributed by atoms with van der Waals surface area (Å²) in [4.78, 5) is 46.0. The molecule has 0 bridgehead atoms. The normalized spacial score (nSPS) is 15.8. The van der Waals surface area contributed by atoms with Gasteiger partial charge in [-0.25, -0.2) is 4.79 Å². The third kappa shape index (κ3) is 5.70. The standard InChI is InChI=1S/C20H36N6O3/c1-5-7-11-25(16(27)14-24-12-8-15(9-13-24)23(3)4)17-18(21)26(10-6-2)20(29)22-19(17)28/h15H,5-14,21H2,1-4H3,(H,22,28,29). The molecule has 0 aromatic carbocycles. The number of piperidine rings is 1. The first kappa shape index (κ1) is 23.2. The van der Waals surface area contributed by atoms with E-state index in [9.17, 15) is 14.4 Å². The summed E-state index contributed by atoms with van der Waals surface area (Å²) in [7, 11) is 4.16. The second kappa shape index (κ2) is 10.6. The number of hydrogen-bond acceptors (Lipinski definition) is 6. The Bertz CT molecular complexity index is 792. The maximum absolute atomic E-state index is 13.2. The van der Waals surface area contributed by atoms with Gasteiger partial charge < -0.3 is 15.5 Å². The molecule has 1 saturated heterocycles. The van der Waals surface area contributed by atoms with E-state index in [-0.39, 0.29) is 24.0 Å². The van der Waals surface area contributed by atoms with E-state index in [1.807, 2.05) is 13.8 Å². The number of rotatable bonds is 9. The number of carbonyl (C=O) groups is 1. The fraction of sp³-hybridized carbons (Fsp3) is 0.750. The molecular weight excluding hydrogens is 372 g/mol. The summed E-state index contributed by atoms with van der Waals surface area (Å²) in [5.41, 5.74) is 5.16. The van der Waals surface area contributed by atoms with Crippen LogP contribution in [0.4, 0.5) is 11.5 Å². The predicted octanol–water partition coefficient (Wildman–Crippen LogP) is 0.688. The number of aromatic amines is 1. The Labute approximate surface area is 172 Å². The van der Waals surface area contributed by atoms with E-state index in [0.717, 1.165) is 38.8 Å². The van der Waals surface area contributed by atoms with E-state index < -0.39 is 11.2 Å². The molecule has 2 rings (SSSR count). The molecule has 9 nitrogen and oxygen atoms in total. The molecule has 1 fully saturated rings. The minimum atomic E-state index is -0.601. The van der Waals surface area contributed by atoms with Crippen molar-refractivity contribution in [1.29, 1.82) is 0 Å². The lowest BCUT2D eigenvalue weighted by Gasteiger charge is -2.35. The zero-order valence-corrected chi connectivity index (χ0v) is 18.2. The lowest BCUT2D eigenvalue weighted by atomic mass is 10.0. The third-order valence-corrected chi connectivity index (χ3v) is 5.61. The minimum Gasteiger partial charge on any atom is -0.383 e. The van der Waals surface area contributed by atoms with Crippen LogP contribution < -0.4 is 21.9 Å². The van der Waals surface area contributed by atoms with Crippen LogP contribution >= 0.6 is 0 Å². The number of aromatic nitrogens is 2. The topological polar surface area (TPSA) is 108 Å². The molecule has 1 aromatic heterocycles. The van der Waals surface area contributed by atoms with Gasteiger partial charge in [-0.05, 0) is 39.8 Å². The predicted molar refractivity (Wildman–Crippen MR) is 116 cm³/mol. The van der Waals surface area contributed by atoms with Crippen LogP contribution in [0.25, 0.3) is 0 Å². The number of H-pyrrole nitrogens is 1. The van der Waals surface area contributed by atoms with Crippen LogP contribution in [0.1, 0.15) is 46.0 Å². The van der Waals surface area contributed by atoms with E-state index >= 15 is 0 Å². The van der Waals surface area contributed by atoms with E-state index in [1.54, 1.807) is 0 Å². The Morgan fingerprint density at radius 2 is 1.83 bits per heavy atom. The largest absolute Gasteiger partial charge is 0.383 e. The highest BCUT2D eigenvalue weighted by atomic mass is 16.2. The number of anilines is 2. The number of carbonyl (C=O) groups excluding carboxylic acids is 1. The molecule has 164 valence electrons. The smallest absolute Gasteiger partial charge is 0.330 e. The van der Waals surface area contributed by atoms with E-state index in [4.69, 9.17) is 5.73 Å². The summed E-state index contributed by atoms with van der Waals surface area (Å²) in [6.45, 7) is 6.68. The Hall–Kier alpha value is -2.13. The molecule has 1 aromatic rings. The van der Waals surface area contributed by atoms with E-state index in [1.165, 1.54) is 9.47 Å². The van der Waals surface area contributed by atoms with Gasteiger partial charge in [-0.1, -0.05) is 20.3 Å². The molecule has 1 aliphatic rings. The fourth-order valence-electron chi connectivity index (χ4n) is 3.83. The molecule has 3 N–H and O–H groups in total. The van der Waals surface area contributed by atoms with E-state index in [2.05, 4.69) is 28.9 Å². The van der Waals surface area contributed by atoms with Crippen LogP contribution in [0.2, 0.25) is 0 Å². The zero-order chi connectivity index (χ0) is 21.6. The number of nitrogen functional groups attached to an aromatic ring is 1. The highest BCUT2D eigenvalue weighted by Crippen LogP contribution is 2.19. The van der Waals surface area contributed by atoms with E-state index in [0.29, 0.717) is 25.6 Å². The monoisotopic (exact) mass is 408 g/mol. The van der Waals surface area contributed by atoms with Crippen LogP contribution in [0.3, 0.4) is 0 Å². The fourth-order valence-corrected chi connectivity index (χ4v) is 3.83. The Kier molecular flexibility index (Phi) is 8.45. The van der Waals surface area contributed by atoms with Crippen molar-refractivity contribution in [2.45, 2.75) is 58.5 Å². The molecule has 1 amide bonds. The van der Waals surface area contributed by atoms with Gasteiger partial charge in [-0.2, -0.15) is 0 Å². The second-order valence-corrected chi connectivity index (χ2v) is 8.01. The van der Waals surface area contributed by atoms with Gasteiger partial charge in [-0.15, -0.1) is 0 Å². The number of nitrogens with zero attached hydrogens (tertiary/aromatic N) is 4. The first-order valence-corrected chi connectivity index (χ1v) is 10.6. The molecular formula is C20H36N6O3. The van der Waals surface area contributed by atoms with Crippen molar-refractivity contribution in [1.82, 2.24) is 19.4 Å². The first-order chi connectivity index (χ1) is 13.8. The van der Waals surface area contributed by atoms with Gasteiger partial charge in [0.1, 0.15) is 5.82 Å². The number of nitrogens with two attached hydrogens (primary N) is 1. The van der Waals surface area contributed by atoms with Crippen LogP contribution in [0.15, 0.2) is 9.59 Å². The van der Waals surface area contributed by atoms with Crippen LogP contribution in [-0.2, 0) is 11.3 Å². The highest BCUT2D eigenvalue weighted by molar-refractivity contribution is 5.96. The summed E-state index contributed by atoms with van der Waals surface area (Å²) < 4.78 is 1.34. The number of amides is 1. The maximum atomic E-state index is 13.2. The van der Waals surface area contributed by atoms with Crippen molar-refractivity contribution >= 4 is 17.4 Å². The first-order valence-electron chi connectivity index (χ1n) is 10.6. The average Bonchev–Trinajstić information content (AvgIpc) is 2.67. The van der Waals surface area contributed by atoms with Crippen molar-refractivity contribution in [3.8, 4) is 0 Å². The van der Waals surface area contributed by atoms with Crippen LogP contribution in [-0.4, -0.2) is 71.6 Å². The van der Waals surface area contributed by atoms with Gasteiger partial charge in [0.05, 0.1) is 6.54 Å². The molecule has 0 atom stereocenters. The number of nitrogens with one attached hydrogen (secondary N) is 1. The van der Waals surface area contributed by atoms with Crippen molar-refractivity contribution in [3.05, 3.63) is 20.8 Å². The lowest BCUT2D eigenvalue weighted by molar-refractivity contribution is -0.120. The van der Waals surface area contributed by atoms with Crippen molar-refractivity contribution in [2.75, 3.05) is 50.9 Å². The lowest BCUT2D eigenvalue weighted by Crippen LogP contribution is -2.48. The minimum absolute atomic E-state index is 0.0661. The molecule has 29 heavy (non-hydrogen) atoms. The summed E-state index contributed by atoms with van der Waals surface area (Å²) in [6, 6.07) is 0.536. The van der Waals surface area contributed by atoms with Gasteiger partial charge in [0.25, 0.3) is 5.56 Å². The van der Waals surface area contributed by atoms with Gasteiger partial charge in [0, 0.05) is 32.2 Å². The highest BCUT2D eigenvalue weighted by Gasteiger charge is 2.27. The number of unbranched alkanes of at least 4 members (excludes halogenated alkanes) is 1. The SMILES string of the molecule is CCCCN(C(=O)CN1CCC(N(C)C)CC1)c1c(N)n(CCC)c(=O)[nH]c1=O. The van der Waals surface area contributed by atoms with Crippen LogP contribution in [0, 0.1) is 0 Å². The van der Waals surface area contributed by atoms with Gasteiger partial charge >= 0.3 is 5.69 Å². The maximum Gasteiger partial charge on any atom is 0.330 e. The van der Waals surface area contributed by atoms with Crippen molar-refractivity contribution in [3.63, 3.8) is 0 Å². The van der Waals surface area contributed by atoms with Gasteiger partial charge in [0.15, 0.2) is 5.69 Å². The summed E-state index contributed by atoms with van der Waals surface area (Å²) in [5, 5.41) is 0. The quantitative estimate of drug-likeness (QED) is 0.622. The third-order valence-electron chi connectivity index (χ3n) is 5.61. The van der Waals surface area contributed by atoms with Crippen LogP contribution in [0.5, 0.6) is 0 Å². The van der Waals surface area contributed by atoms with Crippen molar-refractivity contribution < 1.29 is 4.79 Å². The Morgan fingerprint density at radius 1 is 1.17 bits per heavy atom. The number of likely N-dealkylation sites (tertiary alicyclic amines) is 1. The molecule has 0 saturated carbocycles. The van der Waals surface area contributed by atoms with Gasteiger partial charge in [0.2, 0.25) is 5.91 Å². The van der Waals surface area contributed by atoms with Crippen molar-refractivity contribution in [2.24, 2.45) is 0 Å². The Balaban J connectivity index is 2.26. The molecule has 0 spiro atoms. The zero-order valence-electron chi connectivity index (χ0n) is 18.2. The van der Waals surface area contributed by atoms with Gasteiger partial charge in [-0.3, -0.25) is 24.0 Å². The molecule has 9 heteroatoms.